The number of para-hydroxylation sites is 4. The van der Waals surface area contributed by atoms with Crippen LogP contribution in [0.4, 0.5) is 35.1 Å². The number of aromatic nitrogens is 4. The lowest BCUT2D eigenvalue weighted by molar-refractivity contribution is -0.144. The first-order chi connectivity index (χ1) is 22.0. The average molecular weight is 635 g/mol. The van der Waals surface area contributed by atoms with Gasteiger partial charge in [0.2, 0.25) is 0 Å². The Morgan fingerprint density at radius 1 is 0.435 bits per heavy atom. The first kappa shape index (κ1) is 29.2. The van der Waals surface area contributed by atoms with E-state index in [1.54, 1.807) is 24.3 Å². The van der Waals surface area contributed by atoms with Gasteiger partial charge >= 0.3 is 12.4 Å². The molecule has 12 heteroatoms. The summed E-state index contributed by atoms with van der Waals surface area (Å²) in [6.07, 6.45) is -11.4. The molecule has 0 spiro atoms. The maximum absolute atomic E-state index is 16.3. The van der Waals surface area contributed by atoms with Gasteiger partial charge in [-0.3, -0.25) is 9.13 Å². The van der Waals surface area contributed by atoms with E-state index in [0.717, 1.165) is 4.57 Å². The molecule has 0 aliphatic rings. The zero-order chi connectivity index (χ0) is 32.4. The molecule has 0 unspecified atom stereocenters. The molecule has 0 aliphatic carbocycles. The van der Waals surface area contributed by atoms with Crippen molar-refractivity contribution in [1.82, 2.24) is 19.1 Å². The van der Waals surface area contributed by atoms with Crippen LogP contribution in [-0.2, 0) is 12.4 Å². The van der Waals surface area contributed by atoms with Crippen molar-refractivity contribution in [2.45, 2.75) is 12.4 Å². The SMILES string of the molecule is Fc1c(F)c(C(F)(F)F)c(-n2c(-c3ccccc3)nc3ccccc32)c(C(F)(F)F)c1-n1c(-c2ccccc2)nc2ccccc21. The van der Waals surface area contributed by atoms with Gasteiger partial charge in [0.05, 0.1) is 27.8 Å². The minimum absolute atomic E-state index is 0.0342. The highest BCUT2D eigenvalue weighted by molar-refractivity contribution is 5.87. The van der Waals surface area contributed by atoms with Crippen LogP contribution in [0.25, 0.3) is 56.2 Å². The van der Waals surface area contributed by atoms with E-state index in [1.807, 2.05) is 0 Å². The smallest absolute Gasteiger partial charge is 0.291 e. The van der Waals surface area contributed by atoms with Crippen molar-refractivity contribution in [3.8, 4) is 34.2 Å². The molecule has 5 aromatic carbocycles. The predicted octanol–water partition coefficient (Wildman–Crippen LogP) is 10.0. The molecule has 0 radical (unpaired) electrons. The number of fused-ring (bicyclic) bond motifs is 2. The summed E-state index contributed by atoms with van der Waals surface area (Å²) in [6.45, 7) is 0. The second-order valence-corrected chi connectivity index (χ2v) is 10.3. The molecule has 0 atom stereocenters. The van der Waals surface area contributed by atoms with E-state index in [0.29, 0.717) is 4.57 Å². The normalized spacial score (nSPS) is 12.3. The van der Waals surface area contributed by atoms with Crippen LogP contribution in [0.3, 0.4) is 0 Å². The monoisotopic (exact) mass is 634 g/mol. The zero-order valence-corrected chi connectivity index (χ0v) is 23.2. The highest BCUT2D eigenvalue weighted by Crippen LogP contribution is 2.50. The Kier molecular flexibility index (Phi) is 6.69. The fourth-order valence-corrected chi connectivity index (χ4v) is 5.69. The first-order valence-corrected chi connectivity index (χ1v) is 13.7. The largest absolute Gasteiger partial charge is 0.421 e. The van der Waals surface area contributed by atoms with E-state index in [2.05, 4.69) is 9.97 Å². The van der Waals surface area contributed by atoms with E-state index >= 15 is 22.0 Å². The molecule has 4 nitrogen and oxygen atoms in total. The molecule has 0 saturated carbocycles. The molecule has 0 N–H and O–H groups in total. The Labute approximate surface area is 254 Å². The number of imidazole rings is 2. The maximum Gasteiger partial charge on any atom is 0.421 e. The second-order valence-electron chi connectivity index (χ2n) is 10.3. The van der Waals surface area contributed by atoms with Gasteiger partial charge in [-0.1, -0.05) is 84.9 Å². The molecule has 0 saturated heterocycles. The third kappa shape index (κ3) is 4.59. The first-order valence-electron chi connectivity index (χ1n) is 13.7. The number of hydrogen-bond acceptors (Lipinski definition) is 2. The summed E-state index contributed by atoms with van der Waals surface area (Å²) in [5.41, 5.74) is -7.39. The zero-order valence-electron chi connectivity index (χ0n) is 23.2. The molecule has 7 aromatic rings. The summed E-state index contributed by atoms with van der Waals surface area (Å²) in [7, 11) is 0. The van der Waals surface area contributed by atoms with Crippen molar-refractivity contribution in [3.63, 3.8) is 0 Å². The Balaban J connectivity index is 1.75. The Morgan fingerprint density at radius 2 is 0.826 bits per heavy atom. The van der Waals surface area contributed by atoms with Crippen LogP contribution >= 0.6 is 0 Å². The average Bonchev–Trinajstić information content (AvgIpc) is 3.61. The number of rotatable bonds is 4. The molecule has 0 bridgehead atoms. The van der Waals surface area contributed by atoms with E-state index in [9.17, 15) is 13.2 Å². The predicted molar refractivity (Wildman–Crippen MR) is 156 cm³/mol. The van der Waals surface area contributed by atoms with Crippen molar-refractivity contribution < 1.29 is 35.1 Å². The number of halogens is 8. The van der Waals surface area contributed by atoms with Crippen molar-refractivity contribution in [1.29, 1.82) is 0 Å². The molecule has 230 valence electrons. The standard InChI is InChI=1S/C34H18F8N4/c35-27-25(33(37,38)39)29(45-23-17-9-7-15-21(23)43-31(45)19-11-3-1-4-12-19)26(34(40,41)42)30(28(27)36)46-24-18-10-8-16-22(24)44-32(46)20-13-5-2-6-14-20/h1-18H. The lowest BCUT2D eigenvalue weighted by atomic mass is 10.00. The van der Waals surface area contributed by atoms with E-state index < -0.39 is 46.5 Å². The lowest BCUT2D eigenvalue weighted by Crippen LogP contribution is -2.25. The van der Waals surface area contributed by atoms with Crippen molar-refractivity contribution in [2.75, 3.05) is 0 Å². The van der Waals surface area contributed by atoms with Gasteiger partial charge in [0.1, 0.15) is 28.5 Å². The Bertz CT molecular complexity index is 2250. The van der Waals surface area contributed by atoms with Crippen molar-refractivity contribution in [2.24, 2.45) is 0 Å². The van der Waals surface area contributed by atoms with Crippen LogP contribution in [0.2, 0.25) is 0 Å². The molecule has 46 heavy (non-hydrogen) atoms. The number of benzene rings is 5. The molecular formula is C34H18F8N4. The number of nitrogens with zero attached hydrogens (tertiary/aromatic N) is 4. The molecule has 7 rings (SSSR count). The van der Waals surface area contributed by atoms with Crippen LogP contribution in [-0.4, -0.2) is 19.1 Å². The molecule has 0 fully saturated rings. The minimum atomic E-state index is -5.77. The molecule has 0 aliphatic heterocycles. The third-order valence-electron chi connectivity index (χ3n) is 7.53. The van der Waals surface area contributed by atoms with Gasteiger partial charge in [0.25, 0.3) is 0 Å². The summed E-state index contributed by atoms with van der Waals surface area (Å²) in [5, 5.41) is 0. The molecule has 0 amide bonds. The van der Waals surface area contributed by atoms with Gasteiger partial charge in [-0.05, 0) is 24.3 Å². The summed E-state index contributed by atoms with van der Waals surface area (Å²) in [6, 6.07) is 26.6. The quantitative estimate of drug-likeness (QED) is 0.181. The van der Waals surface area contributed by atoms with Crippen LogP contribution < -0.4 is 0 Å². The molecule has 2 heterocycles. The van der Waals surface area contributed by atoms with E-state index in [1.165, 1.54) is 84.9 Å². The Hall–Kier alpha value is -5.52. The summed E-state index contributed by atoms with van der Waals surface area (Å²) in [5.74, 6) is -5.42. The van der Waals surface area contributed by atoms with Crippen LogP contribution in [0, 0.1) is 11.6 Å². The highest BCUT2D eigenvalue weighted by atomic mass is 19.4. The third-order valence-corrected chi connectivity index (χ3v) is 7.53. The van der Waals surface area contributed by atoms with Crippen molar-refractivity contribution >= 4 is 22.1 Å². The van der Waals surface area contributed by atoms with Crippen LogP contribution in [0.15, 0.2) is 109 Å². The van der Waals surface area contributed by atoms with Gasteiger partial charge in [-0.25, -0.2) is 18.7 Å². The summed E-state index contributed by atoms with van der Waals surface area (Å²) >= 11 is 0. The van der Waals surface area contributed by atoms with Crippen molar-refractivity contribution in [3.05, 3.63) is 132 Å². The lowest BCUT2D eigenvalue weighted by Gasteiger charge is -2.26. The topological polar surface area (TPSA) is 35.6 Å². The van der Waals surface area contributed by atoms with Gasteiger partial charge in [0, 0.05) is 11.1 Å². The fraction of sp³-hybridized carbons (Fsp3) is 0.0588. The van der Waals surface area contributed by atoms with Crippen LogP contribution in [0.5, 0.6) is 0 Å². The van der Waals surface area contributed by atoms with Crippen LogP contribution in [0.1, 0.15) is 11.1 Å². The summed E-state index contributed by atoms with van der Waals surface area (Å²) in [4.78, 5) is 8.76. The number of alkyl halides is 6. The minimum Gasteiger partial charge on any atom is -0.291 e. The summed E-state index contributed by atoms with van der Waals surface area (Å²) < 4.78 is 125. The van der Waals surface area contributed by atoms with Gasteiger partial charge < -0.3 is 0 Å². The molecule has 2 aromatic heterocycles. The Morgan fingerprint density at radius 3 is 1.26 bits per heavy atom. The highest BCUT2D eigenvalue weighted by Gasteiger charge is 2.49. The molecular weight excluding hydrogens is 616 g/mol. The van der Waals surface area contributed by atoms with Gasteiger partial charge in [0.15, 0.2) is 11.6 Å². The van der Waals surface area contributed by atoms with E-state index in [4.69, 9.17) is 0 Å². The van der Waals surface area contributed by atoms with Gasteiger partial charge in [-0.15, -0.1) is 0 Å². The maximum atomic E-state index is 16.3. The number of hydrogen-bond donors (Lipinski definition) is 0. The fourth-order valence-electron chi connectivity index (χ4n) is 5.69. The second kappa shape index (κ2) is 10.5. The van der Waals surface area contributed by atoms with Gasteiger partial charge in [-0.2, -0.15) is 26.3 Å². The van der Waals surface area contributed by atoms with E-state index in [-0.39, 0.29) is 44.8 Å².